The van der Waals surface area contributed by atoms with E-state index in [9.17, 15) is 0 Å². The molecule has 2 aromatic carbocycles. The summed E-state index contributed by atoms with van der Waals surface area (Å²) in [5, 5.41) is 5.09. The van der Waals surface area contributed by atoms with Crippen molar-refractivity contribution in [2.45, 2.75) is 18.4 Å². The fourth-order valence-corrected chi connectivity index (χ4v) is 4.71. The van der Waals surface area contributed by atoms with E-state index in [1.807, 2.05) is 12.1 Å². The minimum Gasteiger partial charge on any atom is -0.378 e. The minimum atomic E-state index is 0.263. The summed E-state index contributed by atoms with van der Waals surface area (Å²) in [6.07, 6.45) is 5.62. The van der Waals surface area contributed by atoms with Crippen LogP contribution < -0.4 is 5.32 Å². The summed E-state index contributed by atoms with van der Waals surface area (Å²) in [6, 6.07) is 12.6. The van der Waals surface area contributed by atoms with E-state index in [0.717, 1.165) is 21.6 Å². The van der Waals surface area contributed by atoms with E-state index in [4.69, 9.17) is 23.2 Å². The standard InChI is InChI=1S/C18H14BrCl2N/c19-11-4-1-3-10(7-11)18-14-6-2-5-13(14)17-15(21)8-12(20)9-16(17)22-18/h1-5,7-9,13-14,18,22H,6H2/t13-,14-,18+/m0/s1. The van der Waals surface area contributed by atoms with E-state index in [0.29, 0.717) is 16.9 Å². The predicted molar refractivity (Wildman–Crippen MR) is 97.0 cm³/mol. The largest absolute Gasteiger partial charge is 0.378 e. The molecule has 0 aromatic heterocycles. The van der Waals surface area contributed by atoms with Crippen LogP contribution in [0.4, 0.5) is 5.69 Å². The first-order valence-corrected chi connectivity index (χ1v) is 8.86. The van der Waals surface area contributed by atoms with Crippen molar-refractivity contribution in [3.05, 3.63) is 74.2 Å². The van der Waals surface area contributed by atoms with Gasteiger partial charge in [0.15, 0.2) is 0 Å². The number of nitrogens with one attached hydrogen (secondary N) is 1. The Bertz CT molecular complexity index is 772. The topological polar surface area (TPSA) is 12.0 Å². The lowest BCUT2D eigenvalue weighted by atomic mass is 9.77. The molecule has 1 aliphatic heterocycles. The van der Waals surface area contributed by atoms with Crippen molar-refractivity contribution in [2.75, 3.05) is 5.32 Å². The van der Waals surface area contributed by atoms with Gasteiger partial charge in [0.05, 0.1) is 6.04 Å². The Morgan fingerprint density at radius 3 is 2.82 bits per heavy atom. The van der Waals surface area contributed by atoms with Gasteiger partial charge in [0.25, 0.3) is 0 Å². The Labute approximate surface area is 148 Å². The van der Waals surface area contributed by atoms with Crippen molar-refractivity contribution >= 4 is 44.8 Å². The van der Waals surface area contributed by atoms with Crippen LogP contribution in [0.1, 0.15) is 29.5 Å². The number of halogens is 3. The third kappa shape index (κ3) is 2.38. The molecule has 0 saturated heterocycles. The van der Waals surface area contributed by atoms with E-state index >= 15 is 0 Å². The molecule has 2 aromatic rings. The molecule has 0 bridgehead atoms. The molecule has 4 heteroatoms. The van der Waals surface area contributed by atoms with Crippen LogP contribution in [0.15, 0.2) is 53.0 Å². The molecule has 0 unspecified atom stereocenters. The summed E-state index contributed by atoms with van der Waals surface area (Å²) in [6.45, 7) is 0. The molecule has 22 heavy (non-hydrogen) atoms. The maximum atomic E-state index is 6.47. The van der Waals surface area contributed by atoms with E-state index in [2.05, 4.69) is 57.7 Å². The third-order valence-electron chi connectivity index (χ3n) is 4.59. The second-order valence-electron chi connectivity index (χ2n) is 5.88. The van der Waals surface area contributed by atoms with Crippen LogP contribution in [0.2, 0.25) is 10.0 Å². The van der Waals surface area contributed by atoms with E-state index in [1.165, 1.54) is 11.1 Å². The van der Waals surface area contributed by atoms with Gasteiger partial charge in [-0.05, 0) is 42.2 Å². The van der Waals surface area contributed by atoms with Crippen molar-refractivity contribution in [3.8, 4) is 0 Å². The lowest BCUT2D eigenvalue weighted by Crippen LogP contribution is -2.29. The summed E-state index contributed by atoms with van der Waals surface area (Å²) in [5.74, 6) is 0.838. The van der Waals surface area contributed by atoms with Crippen molar-refractivity contribution in [1.82, 2.24) is 0 Å². The molecule has 3 atom stereocenters. The van der Waals surface area contributed by atoms with Crippen LogP contribution in [0, 0.1) is 5.92 Å². The first kappa shape index (κ1) is 14.6. The normalized spacial score (nSPS) is 25.5. The van der Waals surface area contributed by atoms with Crippen LogP contribution in [0.5, 0.6) is 0 Å². The van der Waals surface area contributed by atoms with Gasteiger partial charge in [0, 0.05) is 31.7 Å². The predicted octanol–water partition coefficient (Wildman–Crippen LogP) is 6.58. The fourth-order valence-electron chi connectivity index (χ4n) is 3.67. The SMILES string of the molecule is Clc1cc(Cl)c2c(c1)N[C@H](c1cccc(Br)c1)[C@H]1CC=C[C@H]21. The van der Waals surface area contributed by atoms with Gasteiger partial charge in [-0.2, -0.15) is 0 Å². The Hall–Kier alpha value is -0.960. The highest BCUT2D eigenvalue weighted by Crippen LogP contribution is 2.52. The molecular formula is C18H14BrCl2N. The number of hydrogen-bond donors (Lipinski definition) is 1. The van der Waals surface area contributed by atoms with Crippen molar-refractivity contribution in [2.24, 2.45) is 5.92 Å². The molecule has 0 radical (unpaired) electrons. The molecule has 0 amide bonds. The van der Waals surface area contributed by atoms with E-state index < -0.39 is 0 Å². The minimum absolute atomic E-state index is 0.263. The van der Waals surface area contributed by atoms with Crippen molar-refractivity contribution < 1.29 is 0 Å². The monoisotopic (exact) mass is 393 g/mol. The summed E-state index contributed by atoms with van der Waals surface area (Å²) >= 11 is 16.2. The van der Waals surface area contributed by atoms with Gasteiger partial charge in [-0.15, -0.1) is 0 Å². The number of allylic oxidation sites excluding steroid dienone is 2. The zero-order chi connectivity index (χ0) is 15.3. The third-order valence-corrected chi connectivity index (χ3v) is 5.61. The second kappa shape index (κ2) is 5.59. The Morgan fingerprint density at radius 1 is 1.14 bits per heavy atom. The number of rotatable bonds is 1. The number of fused-ring (bicyclic) bond motifs is 3. The van der Waals surface area contributed by atoms with Gasteiger partial charge >= 0.3 is 0 Å². The Kier molecular flexibility index (Phi) is 3.72. The highest BCUT2D eigenvalue weighted by molar-refractivity contribution is 9.10. The first-order valence-electron chi connectivity index (χ1n) is 7.31. The van der Waals surface area contributed by atoms with E-state index in [1.54, 1.807) is 0 Å². The number of anilines is 1. The average Bonchev–Trinajstić information content (AvgIpc) is 2.94. The molecule has 1 aliphatic carbocycles. The maximum absolute atomic E-state index is 6.47. The summed E-state index contributed by atoms with van der Waals surface area (Å²) in [4.78, 5) is 0. The highest BCUT2D eigenvalue weighted by Gasteiger charge is 2.39. The highest BCUT2D eigenvalue weighted by atomic mass is 79.9. The Balaban J connectivity index is 1.84. The number of benzene rings is 2. The molecule has 4 rings (SSSR count). The molecule has 112 valence electrons. The first-order chi connectivity index (χ1) is 10.6. The zero-order valence-electron chi connectivity index (χ0n) is 11.7. The summed E-state index contributed by atoms with van der Waals surface area (Å²) in [7, 11) is 0. The molecule has 1 nitrogen and oxygen atoms in total. The van der Waals surface area contributed by atoms with Gasteiger partial charge in [0.1, 0.15) is 0 Å². The molecule has 1 N–H and O–H groups in total. The average molecular weight is 395 g/mol. The van der Waals surface area contributed by atoms with Gasteiger partial charge < -0.3 is 5.32 Å². The second-order valence-corrected chi connectivity index (χ2v) is 7.64. The number of hydrogen-bond acceptors (Lipinski definition) is 1. The fraction of sp³-hybridized carbons (Fsp3) is 0.222. The van der Waals surface area contributed by atoms with Crippen LogP contribution in [0.25, 0.3) is 0 Å². The van der Waals surface area contributed by atoms with Crippen LogP contribution >= 0.6 is 39.1 Å². The van der Waals surface area contributed by atoms with Gasteiger partial charge in [-0.25, -0.2) is 0 Å². The molecule has 0 fully saturated rings. The molecule has 0 saturated carbocycles. The van der Waals surface area contributed by atoms with Gasteiger partial charge in [-0.3, -0.25) is 0 Å². The maximum Gasteiger partial charge on any atom is 0.0554 e. The summed E-state index contributed by atoms with van der Waals surface area (Å²) in [5.41, 5.74) is 3.51. The molecule has 2 aliphatic rings. The van der Waals surface area contributed by atoms with Gasteiger partial charge in [0.2, 0.25) is 0 Å². The Morgan fingerprint density at radius 2 is 2.00 bits per heavy atom. The molecule has 0 spiro atoms. The smallest absolute Gasteiger partial charge is 0.0554 e. The van der Waals surface area contributed by atoms with E-state index in [-0.39, 0.29) is 6.04 Å². The van der Waals surface area contributed by atoms with Gasteiger partial charge in [-0.1, -0.05) is 63.4 Å². The quantitative estimate of drug-likeness (QED) is 0.538. The lowest BCUT2D eigenvalue weighted by Gasteiger charge is -2.38. The molecular weight excluding hydrogens is 381 g/mol. The molecule has 1 heterocycles. The summed E-state index contributed by atoms with van der Waals surface area (Å²) < 4.78 is 1.10. The lowest BCUT2D eigenvalue weighted by molar-refractivity contribution is 0.425. The van der Waals surface area contributed by atoms with Crippen LogP contribution in [-0.2, 0) is 0 Å². The zero-order valence-corrected chi connectivity index (χ0v) is 14.8. The van der Waals surface area contributed by atoms with Crippen molar-refractivity contribution in [3.63, 3.8) is 0 Å². The van der Waals surface area contributed by atoms with Crippen LogP contribution in [-0.4, -0.2) is 0 Å². The van der Waals surface area contributed by atoms with Crippen molar-refractivity contribution in [1.29, 1.82) is 0 Å². The van der Waals surface area contributed by atoms with Crippen LogP contribution in [0.3, 0.4) is 0 Å².